The summed E-state index contributed by atoms with van der Waals surface area (Å²) in [5.41, 5.74) is 0.349. The van der Waals surface area contributed by atoms with Crippen LogP contribution in [0.15, 0.2) is 41.0 Å². The molecule has 1 unspecified atom stereocenters. The third kappa shape index (κ3) is 4.53. The van der Waals surface area contributed by atoms with Gasteiger partial charge in [-0.25, -0.2) is 17.5 Å². The van der Waals surface area contributed by atoms with Gasteiger partial charge in [-0.05, 0) is 29.8 Å². The first-order chi connectivity index (χ1) is 9.87. The van der Waals surface area contributed by atoms with Crippen molar-refractivity contribution < 1.29 is 22.3 Å². The number of halogens is 2. The van der Waals surface area contributed by atoms with Crippen molar-refractivity contribution in [3.8, 4) is 0 Å². The minimum Gasteiger partial charge on any atom is -0.467 e. The molecule has 0 saturated heterocycles. The molecule has 0 amide bonds. The first-order valence-electron chi connectivity index (χ1n) is 6.00. The molecule has 1 atom stereocenters. The monoisotopic (exact) mass is 333 g/mol. The largest absolute Gasteiger partial charge is 0.467 e. The number of aliphatic hydroxyl groups excluding tert-OH is 1. The van der Waals surface area contributed by atoms with Gasteiger partial charge in [-0.3, -0.25) is 0 Å². The summed E-state index contributed by atoms with van der Waals surface area (Å²) in [7, 11) is -3.68. The molecular weight excluding hydrogens is 321 g/mol. The fraction of sp³-hybridized carbons (Fsp3) is 0.231. The first-order valence-corrected chi connectivity index (χ1v) is 8.03. The quantitative estimate of drug-likeness (QED) is 0.849. The van der Waals surface area contributed by atoms with Gasteiger partial charge in [-0.15, -0.1) is 0 Å². The minimum absolute atomic E-state index is 0.140. The van der Waals surface area contributed by atoms with Gasteiger partial charge < -0.3 is 9.52 Å². The molecule has 0 spiro atoms. The SMILES string of the molecule is O=S(=O)(Cc1ccc(F)c(Cl)c1)NCC(O)c1ccco1. The van der Waals surface area contributed by atoms with Crippen LogP contribution in [0.5, 0.6) is 0 Å². The van der Waals surface area contributed by atoms with Crippen molar-refractivity contribution in [1.82, 2.24) is 4.72 Å². The molecule has 2 aromatic rings. The third-order valence-electron chi connectivity index (χ3n) is 2.71. The number of hydrogen-bond donors (Lipinski definition) is 2. The summed E-state index contributed by atoms with van der Waals surface area (Å²) in [5.74, 6) is -0.709. The van der Waals surface area contributed by atoms with Crippen molar-refractivity contribution in [3.63, 3.8) is 0 Å². The lowest BCUT2D eigenvalue weighted by molar-refractivity contribution is 0.154. The van der Waals surface area contributed by atoms with E-state index in [2.05, 4.69) is 4.72 Å². The van der Waals surface area contributed by atoms with Crippen molar-refractivity contribution in [2.75, 3.05) is 6.54 Å². The fourth-order valence-corrected chi connectivity index (χ4v) is 3.02. The molecule has 0 aliphatic heterocycles. The molecule has 21 heavy (non-hydrogen) atoms. The number of aliphatic hydroxyl groups is 1. The predicted molar refractivity (Wildman–Crippen MR) is 75.7 cm³/mol. The molecule has 1 heterocycles. The van der Waals surface area contributed by atoms with Crippen molar-refractivity contribution in [3.05, 3.63) is 58.8 Å². The molecule has 1 aromatic heterocycles. The molecule has 2 rings (SSSR count). The smallest absolute Gasteiger partial charge is 0.215 e. The normalized spacial score (nSPS) is 13.3. The molecule has 1 aromatic carbocycles. The van der Waals surface area contributed by atoms with Gasteiger partial charge in [0.2, 0.25) is 10.0 Å². The van der Waals surface area contributed by atoms with Crippen LogP contribution in [0.25, 0.3) is 0 Å². The van der Waals surface area contributed by atoms with Crippen LogP contribution in [0.2, 0.25) is 5.02 Å². The van der Waals surface area contributed by atoms with Crippen LogP contribution < -0.4 is 4.72 Å². The molecule has 114 valence electrons. The van der Waals surface area contributed by atoms with Crippen LogP contribution in [0.4, 0.5) is 4.39 Å². The van der Waals surface area contributed by atoms with Gasteiger partial charge >= 0.3 is 0 Å². The maximum Gasteiger partial charge on any atom is 0.215 e. The second-order valence-corrected chi connectivity index (χ2v) is 6.60. The second-order valence-electron chi connectivity index (χ2n) is 4.39. The summed E-state index contributed by atoms with van der Waals surface area (Å²) in [6.07, 6.45) is 0.305. The summed E-state index contributed by atoms with van der Waals surface area (Å²) in [4.78, 5) is 0. The molecule has 0 fully saturated rings. The molecular formula is C13H13ClFNO4S. The average Bonchev–Trinajstić information content (AvgIpc) is 2.94. The highest BCUT2D eigenvalue weighted by Gasteiger charge is 2.17. The zero-order valence-corrected chi connectivity index (χ0v) is 12.4. The van der Waals surface area contributed by atoms with Gasteiger partial charge in [0.05, 0.1) is 17.0 Å². The first kappa shape index (κ1) is 16.0. The minimum atomic E-state index is -3.68. The van der Waals surface area contributed by atoms with Gasteiger partial charge in [0.15, 0.2) is 0 Å². The lowest BCUT2D eigenvalue weighted by Gasteiger charge is -2.10. The predicted octanol–water partition coefficient (Wildman–Crippen LogP) is 2.23. The van der Waals surface area contributed by atoms with Crippen LogP contribution in [0.3, 0.4) is 0 Å². The standard InChI is InChI=1S/C13H13ClFNO4S/c14-10-6-9(3-4-11(10)15)8-21(18,19)16-7-12(17)13-2-1-5-20-13/h1-6,12,16-17H,7-8H2. The van der Waals surface area contributed by atoms with Gasteiger partial charge in [0.1, 0.15) is 17.7 Å². The van der Waals surface area contributed by atoms with Gasteiger partial charge in [-0.1, -0.05) is 17.7 Å². The van der Waals surface area contributed by atoms with Crippen LogP contribution in [-0.2, 0) is 15.8 Å². The number of rotatable bonds is 6. The summed E-state index contributed by atoms with van der Waals surface area (Å²) in [6.45, 7) is -0.217. The Morgan fingerprint density at radius 2 is 2.14 bits per heavy atom. The number of nitrogens with one attached hydrogen (secondary N) is 1. The molecule has 2 N–H and O–H groups in total. The zero-order chi connectivity index (χ0) is 15.5. The molecule has 0 radical (unpaired) electrons. The Labute approximate surface area is 126 Å². The van der Waals surface area contributed by atoms with Crippen molar-refractivity contribution in [1.29, 1.82) is 0 Å². The Bertz CT molecular complexity index is 703. The molecule has 5 nitrogen and oxygen atoms in total. The van der Waals surface area contributed by atoms with Gasteiger partial charge in [0, 0.05) is 6.54 Å². The number of benzene rings is 1. The summed E-state index contributed by atoms with van der Waals surface area (Å²) in [6, 6.07) is 6.82. The number of sulfonamides is 1. The highest BCUT2D eigenvalue weighted by atomic mass is 35.5. The summed E-state index contributed by atoms with van der Waals surface area (Å²) < 4.78 is 44.0. The van der Waals surface area contributed by atoms with E-state index in [9.17, 15) is 17.9 Å². The lowest BCUT2D eigenvalue weighted by Crippen LogP contribution is -2.29. The Balaban J connectivity index is 1.97. The average molecular weight is 334 g/mol. The lowest BCUT2D eigenvalue weighted by atomic mass is 10.2. The Kier molecular flexibility index (Phi) is 5.00. The van der Waals surface area contributed by atoms with E-state index in [1.54, 1.807) is 12.1 Å². The van der Waals surface area contributed by atoms with Gasteiger partial charge in [0.25, 0.3) is 0 Å². The Morgan fingerprint density at radius 1 is 1.38 bits per heavy atom. The number of furan rings is 1. The van der Waals surface area contributed by atoms with Crippen molar-refractivity contribution in [2.45, 2.75) is 11.9 Å². The summed E-state index contributed by atoms with van der Waals surface area (Å²) >= 11 is 5.60. The van der Waals surface area contributed by atoms with Crippen LogP contribution in [0, 0.1) is 5.82 Å². The third-order valence-corrected chi connectivity index (χ3v) is 4.32. The van der Waals surface area contributed by atoms with Crippen molar-refractivity contribution >= 4 is 21.6 Å². The van der Waals surface area contributed by atoms with Crippen LogP contribution in [0.1, 0.15) is 17.4 Å². The highest BCUT2D eigenvalue weighted by molar-refractivity contribution is 7.88. The van der Waals surface area contributed by atoms with E-state index >= 15 is 0 Å². The second kappa shape index (κ2) is 6.57. The highest BCUT2D eigenvalue weighted by Crippen LogP contribution is 2.18. The zero-order valence-electron chi connectivity index (χ0n) is 10.8. The Morgan fingerprint density at radius 3 is 2.76 bits per heavy atom. The Hall–Kier alpha value is -1.41. The van der Waals surface area contributed by atoms with E-state index in [1.807, 2.05) is 0 Å². The molecule has 0 aliphatic rings. The molecule has 8 heteroatoms. The summed E-state index contributed by atoms with van der Waals surface area (Å²) in [5, 5.41) is 9.59. The fourth-order valence-electron chi connectivity index (χ4n) is 1.69. The maximum absolute atomic E-state index is 13.0. The van der Waals surface area contributed by atoms with E-state index in [0.29, 0.717) is 5.56 Å². The topological polar surface area (TPSA) is 79.5 Å². The number of hydrogen-bond acceptors (Lipinski definition) is 4. The van der Waals surface area contributed by atoms with Gasteiger partial charge in [-0.2, -0.15) is 0 Å². The molecule has 0 saturated carbocycles. The molecule has 0 aliphatic carbocycles. The van der Waals surface area contributed by atoms with Crippen LogP contribution >= 0.6 is 11.6 Å². The van der Waals surface area contributed by atoms with Crippen LogP contribution in [-0.4, -0.2) is 20.1 Å². The van der Waals surface area contributed by atoms with E-state index in [0.717, 1.165) is 6.07 Å². The van der Waals surface area contributed by atoms with Crippen molar-refractivity contribution in [2.24, 2.45) is 0 Å². The molecule has 0 bridgehead atoms. The van der Waals surface area contributed by atoms with E-state index in [-0.39, 0.29) is 23.1 Å². The van der Waals surface area contributed by atoms with E-state index in [4.69, 9.17) is 16.0 Å². The van der Waals surface area contributed by atoms with E-state index in [1.165, 1.54) is 18.4 Å². The maximum atomic E-state index is 13.0. The van der Waals surface area contributed by atoms with E-state index < -0.39 is 21.9 Å².